The third kappa shape index (κ3) is 2.90. The normalized spacial score (nSPS) is 22.2. The van der Waals surface area contributed by atoms with E-state index in [1.165, 1.54) is 6.42 Å². The fraction of sp³-hybridized carbons (Fsp3) is 0.611. The Balaban J connectivity index is 1.88. The van der Waals surface area contributed by atoms with Crippen LogP contribution in [0.2, 0.25) is 0 Å². The SMILES string of the molecule is COc1ccc(C(=O)C2(N3CCOCC3)CCCCC2)cc1. The summed E-state index contributed by atoms with van der Waals surface area (Å²) in [6, 6.07) is 7.56. The van der Waals surface area contributed by atoms with Crippen LogP contribution in [0.4, 0.5) is 0 Å². The van der Waals surface area contributed by atoms with Crippen molar-refractivity contribution in [1.82, 2.24) is 4.90 Å². The second-order valence-corrected chi connectivity index (χ2v) is 6.25. The van der Waals surface area contributed by atoms with Crippen molar-refractivity contribution < 1.29 is 14.3 Å². The summed E-state index contributed by atoms with van der Waals surface area (Å²) in [6.07, 6.45) is 5.45. The average molecular weight is 303 g/mol. The Hall–Kier alpha value is -1.39. The zero-order chi connectivity index (χ0) is 15.4. The van der Waals surface area contributed by atoms with Crippen molar-refractivity contribution >= 4 is 5.78 Å². The van der Waals surface area contributed by atoms with E-state index >= 15 is 0 Å². The molecule has 0 N–H and O–H groups in total. The quantitative estimate of drug-likeness (QED) is 0.802. The summed E-state index contributed by atoms with van der Waals surface area (Å²) in [6.45, 7) is 3.19. The maximum absolute atomic E-state index is 13.3. The lowest BCUT2D eigenvalue weighted by atomic mass is 9.75. The van der Waals surface area contributed by atoms with Crippen molar-refractivity contribution in [2.24, 2.45) is 0 Å². The van der Waals surface area contributed by atoms with E-state index in [1.807, 2.05) is 24.3 Å². The number of rotatable bonds is 4. The molecule has 2 fully saturated rings. The van der Waals surface area contributed by atoms with Crippen molar-refractivity contribution in [3.63, 3.8) is 0 Å². The number of benzene rings is 1. The van der Waals surface area contributed by atoms with E-state index in [0.29, 0.717) is 0 Å². The Morgan fingerprint density at radius 2 is 1.73 bits per heavy atom. The number of carbonyl (C=O) groups excluding carboxylic acids is 1. The Morgan fingerprint density at radius 1 is 1.09 bits per heavy atom. The molecule has 1 aromatic carbocycles. The van der Waals surface area contributed by atoms with Crippen molar-refractivity contribution in [2.45, 2.75) is 37.6 Å². The van der Waals surface area contributed by atoms with Gasteiger partial charge < -0.3 is 9.47 Å². The fourth-order valence-corrected chi connectivity index (χ4v) is 3.83. The number of ether oxygens (including phenoxy) is 2. The minimum atomic E-state index is -0.323. The van der Waals surface area contributed by atoms with Crippen LogP contribution in [0, 0.1) is 0 Å². The second kappa shape index (κ2) is 6.80. The molecule has 1 aliphatic carbocycles. The van der Waals surface area contributed by atoms with Crippen molar-refractivity contribution in [3.05, 3.63) is 29.8 Å². The number of hydrogen-bond acceptors (Lipinski definition) is 4. The first kappa shape index (κ1) is 15.5. The van der Waals surface area contributed by atoms with E-state index in [9.17, 15) is 4.79 Å². The van der Waals surface area contributed by atoms with Crippen LogP contribution in [-0.2, 0) is 4.74 Å². The lowest BCUT2D eigenvalue weighted by Crippen LogP contribution is -2.59. The van der Waals surface area contributed by atoms with Crippen molar-refractivity contribution in [3.8, 4) is 5.75 Å². The molecular formula is C18H25NO3. The van der Waals surface area contributed by atoms with Gasteiger partial charge in [0.2, 0.25) is 0 Å². The van der Waals surface area contributed by atoms with Crippen molar-refractivity contribution in [1.29, 1.82) is 0 Å². The Morgan fingerprint density at radius 3 is 2.32 bits per heavy atom. The largest absolute Gasteiger partial charge is 0.497 e. The molecule has 0 unspecified atom stereocenters. The lowest BCUT2D eigenvalue weighted by molar-refractivity contribution is -0.0264. The molecule has 1 saturated carbocycles. The van der Waals surface area contributed by atoms with Crippen molar-refractivity contribution in [2.75, 3.05) is 33.4 Å². The molecule has 0 aromatic heterocycles. The Kier molecular flexibility index (Phi) is 4.79. The Labute approximate surface area is 132 Å². The van der Waals surface area contributed by atoms with Crippen LogP contribution in [0.1, 0.15) is 42.5 Å². The molecule has 0 radical (unpaired) electrons. The standard InChI is InChI=1S/C18H25NO3/c1-21-16-7-5-15(6-8-16)17(20)18(9-3-2-4-10-18)19-11-13-22-14-12-19/h5-8H,2-4,9-14H2,1H3. The number of hydrogen-bond donors (Lipinski definition) is 0. The molecule has 1 saturated heterocycles. The highest BCUT2D eigenvalue weighted by Crippen LogP contribution is 2.37. The van der Waals surface area contributed by atoms with Gasteiger partial charge in [0, 0.05) is 18.7 Å². The molecule has 3 rings (SSSR count). The van der Waals surface area contributed by atoms with Gasteiger partial charge in [-0.2, -0.15) is 0 Å². The van der Waals surface area contributed by atoms with Gasteiger partial charge in [-0.15, -0.1) is 0 Å². The first-order valence-electron chi connectivity index (χ1n) is 8.28. The molecule has 0 atom stereocenters. The third-order valence-electron chi connectivity index (χ3n) is 5.07. The van der Waals surface area contributed by atoms with Crippen LogP contribution in [-0.4, -0.2) is 49.6 Å². The van der Waals surface area contributed by atoms with E-state index in [2.05, 4.69) is 4.90 Å². The molecule has 22 heavy (non-hydrogen) atoms. The number of morpholine rings is 1. The third-order valence-corrected chi connectivity index (χ3v) is 5.07. The predicted molar refractivity (Wildman–Crippen MR) is 85.5 cm³/mol. The van der Waals surface area contributed by atoms with Gasteiger partial charge in [-0.1, -0.05) is 19.3 Å². The van der Waals surface area contributed by atoms with Gasteiger partial charge in [-0.3, -0.25) is 9.69 Å². The summed E-state index contributed by atoms with van der Waals surface area (Å²) in [5.74, 6) is 1.07. The highest BCUT2D eigenvalue weighted by molar-refractivity contribution is 6.03. The topological polar surface area (TPSA) is 38.8 Å². The number of ketones is 1. The van der Waals surface area contributed by atoms with Crippen LogP contribution in [0.3, 0.4) is 0 Å². The highest BCUT2D eigenvalue weighted by Gasteiger charge is 2.45. The van der Waals surface area contributed by atoms with E-state index in [-0.39, 0.29) is 11.3 Å². The summed E-state index contributed by atoms with van der Waals surface area (Å²) in [5, 5.41) is 0. The molecular weight excluding hydrogens is 278 g/mol. The average Bonchev–Trinajstić information content (AvgIpc) is 2.62. The Bertz CT molecular complexity index is 500. The summed E-state index contributed by atoms with van der Waals surface area (Å²) >= 11 is 0. The van der Waals surface area contributed by atoms with Crippen LogP contribution < -0.4 is 4.74 Å². The van der Waals surface area contributed by atoms with Gasteiger partial charge in [-0.05, 0) is 37.1 Å². The first-order valence-corrected chi connectivity index (χ1v) is 8.28. The highest BCUT2D eigenvalue weighted by atomic mass is 16.5. The van der Waals surface area contributed by atoms with Gasteiger partial charge in [0.1, 0.15) is 5.75 Å². The van der Waals surface area contributed by atoms with Gasteiger partial charge in [-0.25, -0.2) is 0 Å². The summed E-state index contributed by atoms with van der Waals surface area (Å²) in [4.78, 5) is 15.7. The molecule has 120 valence electrons. The minimum absolute atomic E-state index is 0.275. The first-order chi connectivity index (χ1) is 10.8. The number of methoxy groups -OCH3 is 1. The maximum atomic E-state index is 13.3. The molecule has 0 amide bonds. The van der Waals surface area contributed by atoms with Crippen LogP contribution in [0.15, 0.2) is 24.3 Å². The zero-order valence-electron chi connectivity index (χ0n) is 13.3. The molecule has 1 heterocycles. The smallest absolute Gasteiger partial charge is 0.183 e. The van der Waals surface area contributed by atoms with Crippen LogP contribution in [0.25, 0.3) is 0 Å². The molecule has 2 aliphatic rings. The van der Waals surface area contributed by atoms with Gasteiger partial charge >= 0.3 is 0 Å². The van der Waals surface area contributed by atoms with E-state index in [0.717, 1.165) is 63.3 Å². The lowest BCUT2D eigenvalue weighted by Gasteiger charge is -2.46. The van der Waals surface area contributed by atoms with Gasteiger partial charge in [0.05, 0.1) is 25.9 Å². The van der Waals surface area contributed by atoms with E-state index < -0.39 is 0 Å². The summed E-state index contributed by atoms with van der Waals surface area (Å²) < 4.78 is 10.7. The number of Topliss-reactive ketones (excluding diaryl/α,β-unsaturated/α-hetero) is 1. The van der Waals surface area contributed by atoms with Gasteiger partial charge in [0.15, 0.2) is 5.78 Å². The van der Waals surface area contributed by atoms with Crippen LogP contribution in [0.5, 0.6) is 5.75 Å². The monoisotopic (exact) mass is 303 g/mol. The van der Waals surface area contributed by atoms with E-state index in [1.54, 1.807) is 7.11 Å². The molecule has 0 bridgehead atoms. The zero-order valence-corrected chi connectivity index (χ0v) is 13.3. The predicted octanol–water partition coefficient (Wildman–Crippen LogP) is 2.91. The number of nitrogens with zero attached hydrogens (tertiary/aromatic N) is 1. The second-order valence-electron chi connectivity index (χ2n) is 6.25. The molecule has 1 aliphatic heterocycles. The summed E-state index contributed by atoms with van der Waals surface area (Å²) in [7, 11) is 1.65. The van der Waals surface area contributed by atoms with Gasteiger partial charge in [0.25, 0.3) is 0 Å². The van der Waals surface area contributed by atoms with E-state index in [4.69, 9.17) is 9.47 Å². The fourth-order valence-electron chi connectivity index (χ4n) is 3.83. The molecule has 4 heteroatoms. The molecule has 4 nitrogen and oxygen atoms in total. The van der Waals surface area contributed by atoms with Crippen LogP contribution >= 0.6 is 0 Å². The minimum Gasteiger partial charge on any atom is -0.497 e. The number of carbonyl (C=O) groups is 1. The molecule has 1 aromatic rings. The summed E-state index contributed by atoms with van der Waals surface area (Å²) in [5.41, 5.74) is 0.477. The molecule has 0 spiro atoms. The maximum Gasteiger partial charge on any atom is 0.183 e.